The van der Waals surface area contributed by atoms with Gasteiger partial charge in [-0.25, -0.2) is 8.78 Å². The lowest BCUT2D eigenvalue weighted by Crippen LogP contribution is -2.19. The molecule has 0 aromatic heterocycles. The summed E-state index contributed by atoms with van der Waals surface area (Å²) in [5, 5.41) is 0. The largest absolute Gasteiger partial charge is 0.319 e. The number of rotatable bonds is 2. The molecule has 16 heavy (non-hydrogen) atoms. The van der Waals surface area contributed by atoms with E-state index in [2.05, 4.69) is 20.8 Å². The molecule has 0 radical (unpaired) electrons. The van der Waals surface area contributed by atoms with Gasteiger partial charge in [-0.15, -0.1) is 12.4 Å². The Hall–Kier alpha value is -0.670. The molecule has 0 spiro atoms. The third-order valence-electron chi connectivity index (χ3n) is 2.43. The zero-order valence-electron chi connectivity index (χ0n) is 9.71. The second-order valence-corrected chi connectivity index (χ2v) is 4.73. The second kappa shape index (κ2) is 5.60. The summed E-state index contributed by atoms with van der Waals surface area (Å²) < 4.78 is 24.6. The lowest BCUT2D eigenvalue weighted by molar-refractivity contribution is 0.116. The molecule has 0 saturated heterocycles. The monoisotopic (exact) mass is 249 g/mol. The molecule has 0 unspecified atom stereocenters. The molecule has 0 fully saturated rings. The number of nitrogens with two attached hydrogens (primary N) is 1. The maximum absolute atomic E-state index is 12.3. The van der Waals surface area contributed by atoms with E-state index in [1.165, 1.54) is 0 Å². The smallest absolute Gasteiger partial charge is 0.257 e. The SMILES string of the molecule is CC(C)(C)c1ccc([C@H](N)C(F)F)cc1.Cl. The van der Waals surface area contributed by atoms with E-state index < -0.39 is 12.5 Å². The molecule has 1 nitrogen and oxygen atoms in total. The predicted octanol–water partition coefficient (Wildman–Crippen LogP) is 3.67. The van der Waals surface area contributed by atoms with Crippen molar-refractivity contribution in [3.8, 4) is 0 Å². The van der Waals surface area contributed by atoms with E-state index in [4.69, 9.17) is 5.73 Å². The van der Waals surface area contributed by atoms with E-state index >= 15 is 0 Å². The van der Waals surface area contributed by atoms with Gasteiger partial charge in [0.15, 0.2) is 0 Å². The predicted molar refractivity (Wildman–Crippen MR) is 65.3 cm³/mol. The first-order chi connectivity index (χ1) is 6.82. The van der Waals surface area contributed by atoms with E-state index in [1.807, 2.05) is 12.1 Å². The van der Waals surface area contributed by atoms with Crippen LogP contribution in [0.15, 0.2) is 24.3 Å². The van der Waals surface area contributed by atoms with Crippen LogP contribution in [0, 0.1) is 0 Å². The van der Waals surface area contributed by atoms with E-state index in [0.29, 0.717) is 5.56 Å². The minimum Gasteiger partial charge on any atom is -0.319 e. The third-order valence-corrected chi connectivity index (χ3v) is 2.43. The Morgan fingerprint density at radius 1 is 1.06 bits per heavy atom. The lowest BCUT2D eigenvalue weighted by Gasteiger charge is -2.20. The third kappa shape index (κ3) is 3.72. The Bertz CT molecular complexity index is 317. The van der Waals surface area contributed by atoms with E-state index in [0.717, 1.165) is 5.56 Å². The first-order valence-electron chi connectivity index (χ1n) is 4.96. The molecule has 0 aliphatic carbocycles. The highest BCUT2D eigenvalue weighted by Gasteiger charge is 2.18. The highest BCUT2D eigenvalue weighted by molar-refractivity contribution is 5.85. The fraction of sp³-hybridized carbons (Fsp3) is 0.500. The summed E-state index contributed by atoms with van der Waals surface area (Å²) in [5.74, 6) is 0. The summed E-state index contributed by atoms with van der Waals surface area (Å²) in [4.78, 5) is 0. The van der Waals surface area contributed by atoms with E-state index in [9.17, 15) is 8.78 Å². The zero-order chi connectivity index (χ0) is 11.6. The number of hydrogen-bond acceptors (Lipinski definition) is 1. The molecule has 92 valence electrons. The quantitative estimate of drug-likeness (QED) is 0.850. The molecular weight excluding hydrogens is 232 g/mol. The van der Waals surface area contributed by atoms with Crippen LogP contribution in [-0.2, 0) is 5.41 Å². The van der Waals surface area contributed by atoms with Gasteiger partial charge >= 0.3 is 0 Å². The van der Waals surface area contributed by atoms with Crippen molar-refractivity contribution in [3.05, 3.63) is 35.4 Å². The van der Waals surface area contributed by atoms with Crippen LogP contribution in [0.5, 0.6) is 0 Å². The number of benzene rings is 1. The molecule has 0 bridgehead atoms. The van der Waals surface area contributed by atoms with E-state index in [-0.39, 0.29) is 17.8 Å². The second-order valence-electron chi connectivity index (χ2n) is 4.73. The molecule has 0 aliphatic rings. The Labute approximate surface area is 101 Å². The maximum atomic E-state index is 12.3. The molecule has 0 heterocycles. The Balaban J connectivity index is 0.00000225. The minimum atomic E-state index is -2.51. The summed E-state index contributed by atoms with van der Waals surface area (Å²) in [6.45, 7) is 6.24. The van der Waals surface area contributed by atoms with Gasteiger partial charge in [0.05, 0.1) is 6.04 Å². The average molecular weight is 250 g/mol. The molecule has 0 saturated carbocycles. The fourth-order valence-corrected chi connectivity index (χ4v) is 1.35. The van der Waals surface area contributed by atoms with Crippen molar-refractivity contribution in [3.63, 3.8) is 0 Å². The highest BCUT2D eigenvalue weighted by Crippen LogP contribution is 2.24. The van der Waals surface area contributed by atoms with Crippen LogP contribution in [0.2, 0.25) is 0 Å². The molecule has 4 heteroatoms. The zero-order valence-corrected chi connectivity index (χ0v) is 10.5. The molecule has 1 aromatic carbocycles. The van der Waals surface area contributed by atoms with Gasteiger partial charge in [-0.2, -0.15) is 0 Å². The van der Waals surface area contributed by atoms with Gasteiger partial charge in [0.1, 0.15) is 0 Å². The van der Waals surface area contributed by atoms with Crippen LogP contribution in [0.25, 0.3) is 0 Å². The van der Waals surface area contributed by atoms with Crippen LogP contribution in [0.4, 0.5) is 8.78 Å². The van der Waals surface area contributed by atoms with Gasteiger partial charge in [0.2, 0.25) is 0 Å². The Morgan fingerprint density at radius 3 is 1.81 bits per heavy atom. The van der Waals surface area contributed by atoms with Crippen LogP contribution in [0.1, 0.15) is 37.9 Å². The topological polar surface area (TPSA) is 26.0 Å². The molecular formula is C12H18ClF2N. The van der Waals surface area contributed by atoms with Crippen molar-refractivity contribution in [1.82, 2.24) is 0 Å². The van der Waals surface area contributed by atoms with Crippen LogP contribution < -0.4 is 5.73 Å². The van der Waals surface area contributed by atoms with Crippen molar-refractivity contribution < 1.29 is 8.78 Å². The molecule has 1 atom stereocenters. The van der Waals surface area contributed by atoms with E-state index in [1.54, 1.807) is 12.1 Å². The van der Waals surface area contributed by atoms with Crippen molar-refractivity contribution in [2.45, 2.75) is 38.7 Å². The van der Waals surface area contributed by atoms with Crippen molar-refractivity contribution in [2.75, 3.05) is 0 Å². The summed E-state index contributed by atoms with van der Waals surface area (Å²) >= 11 is 0. The standard InChI is InChI=1S/C12H17F2N.ClH/c1-12(2,3)9-6-4-8(5-7-9)10(15)11(13)14;/h4-7,10-11H,15H2,1-3H3;1H/t10-;/m0./s1. The first-order valence-corrected chi connectivity index (χ1v) is 4.96. The normalized spacial score (nSPS) is 13.4. The number of hydrogen-bond donors (Lipinski definition) is 1. The summed E-state index contributed by atoms with van der Waals surface area (Å²) in [6, 6.07) is 5.89. The minimum absolute atomic E-state index is 0. The number of alkyl halides is 2. The van der Waals surface area contributed by atoms with Crippen LogP contribution in [-0.4, -0.2) is 6.43 Å². The van der Waals surface area contributed by atoms with Crippen molar-refractivity contribution in [1.29, 1.82) is 0 Å². The Morgan fingerprint density at radius 2 is 1.50 bits per heavy atom. The highest BCUT2D eigenvalue weighted by atomic mass is 35.5. The Kier molecular flexibility index (Phi) is 5.36. The van der Waals surface area contributed by atoms with Gasteiger partial charge in [-0.05, 0) is 16.5 Å². The van der Waals surface area contributed by atoms with Gasteiger partial charge in [-0.1, -0.05) is 45.0 Å². The summed E-state index contributed by atoms with van der Waals surface area (Å²) in [5.41, 5.74) is 6.98. The van der Waals surface area contributed by atoms with Crippen LogP contribution >= 0.6 is 12.4 Å². The maximum Gasteiger partial charge on any atom is 0.257 e. The van der Waals surface area contributed by atoms with Crippen molar-refractivity contribution in [2.24, 2.45) is 5.73 Å². The van der Waals surface area contributed by atoms with Gasteiger partial charge in [-0.3, -0.25) is 0 Å². The summed E-state index contributed by atoms with van der Waals surface area (Å²) in [7, 11) is 0. The lowest BCUT2D eigenvalue weighted by atomic mass is 9.86. The average Bonchev–Trinajstić information content (AvgIpc) is 2.15. The van der Waals surface area contributed by atoms with Gasteiger partial charge < -0.3 is 5.73 Å². The summed E-state index contributed by atoms with van der Waals surface area (Å²) in [6.07, 6.45) is -2.51. The molecule has 0 amide bonds. The number of halogens is 3. The molecule has 0 aliphatic heterocycles. The van der Waals surface area contributed by atoms with Crippen molar-refractivity contribution >= 4 is 12.4 Å². The molecule has 1 rings (SSSR count). The van der Waals surface area contributed by atoms with Crippen LogP contribution in [0.3, 0.4) is 0 Å². The molecule has 2 N–H and O–H groups in total. The fourth-order valence-electron chi connectivity index (χ4n) is 1.35. The molecule has 1 aromatic rings. The van der Waals surface area contributed by atoms with Gasteiger partial charge in [0, 0.05) is 0 Å². The first kappa shape index (κ1) is 15.3. The van der Waals surface area contributed by atoms with Gasteiger partial charge in [0.25, 0.3) is 6.43 Å².